The third-order valence-electron chi connectivity index (χ3n) is 4.13. The van der Waals surface area contributed by atoms with Gasteiger partial charge in [-0.25, -0.2) is 16.8 Å². The van der Waals surface area contributed by atoms with Gasteiger partial charge in [0, 0.05) is 12.6 Å². The first-order valence-electron chi connectivity index (χ1n) is 7.65. The average Bonchev–Trinajstić information content (AvgIpc) is 2.83. The van der Waals surface area contributed by atoms with Crippen molar-refractivity contribution in [3.05, 3.63) is 29.3 Å². The van der Waals surface area contributed by atoms with Crippen LogP contribution in [0.3, 0.4) is 0 Å². The Morgan fingerprint density at radius 1 is 1.33 bits per heavy atom. The number of nitrogens with zero attached hydrogens (tertiary/aromatic N) is 1. The van der Waals surface area contributed by atoms with Crippen molar-refractivity contribution in [3.63, 3.8) is 0 Å². The summed E-state index contributed by atoms with van der Waals surface area (Å²) in [6.45, 7) is 2.58. The molecule has 7 nitrogen and oxygen atoms in total. The van der Waals surface area contributed by atoms with Gasteiger partial charge in [0.05, 0.1) is 29.1 Å². The van der Waals surface area contributed by atoms with Crippen LogP contribution in [0.15, 0.2) is 23.1 Å². The number of benzene rings is 1. The lowest BCUT2D eigenvalue weighted by Crippen LogP contribution is -2.46. The Balaban J connectivity index is 2.45. The number of hydrogen-bond donors (Lipinski definition) is 2. The molecule has 0 radical (unpaired) electrons. The molecule has 1 heterocycles. The zero-order chi connectivity index (χ0) is 18.1. The highest BCUT2D eigenvalue weighted by atomic mass is 32.2. The molecular weight excluding hydrogens is 354 g/mol. The lowest BCUT2D eigenvalue weighted by Gasteiger charge is -2.29. The Bertz CT molecular complexity index is 803. The topological polar surface area (TPSA) is 112 Å². The summed E-state index contributed by atoms with van der Waals surface area (Å²) < 4.78 is 50.6. The molecule has 9 heteroatoms. The maximum Gasteiger partial charge on any atom is 0.243 e. The fourth-order valence-corrected chi connectivity index (χ4v) is 6.65. The molecule has 1 fully saturated rings. The first-order chi connectivity index (χ1) is 11.1. The van der Waals surface area contributed by atoms with Gasteiger partial charge in [-0.1, -0.05) is 17.7 Å². The fourth-order valence-electron chi connectivity index (χ4n) is 2.93. The lowest BCUT2D eigenvalue weighted by atomic mass is 10.2. The van der Waals surface area contributed by atoms with E-state index in [2.05, 4.69) is 0 Å². The molecule has 0 bridgehead atoms. The molecule has 1 aliphatic heterocycles. The van der Waals surface area contributed by atoms with Gasteiger partial charge in [-0.3, -0.25) is 0 Å². The highest BCUT2D eigenvalue weighted by Gasteiger charge is 2.40. The zero-order valence-electron chi connectivity index (χ0n) is 13.7. The van der Waals surface area contributed by atoms with Crippen LogP contribution >= 0.6 is 0 Å². The molecule has 0 aromatic heterocycles. The van der Waals surface area contributed by atoms with Crippen LogP contribution in [0.25, 0.3) is 0 Å². The summed E-state index contributed by atoms with van der Waals surface area (Å²) >= 11 is 0. The minimum atomic E-state index is -3.99. The van der Waals surface area contributed by atoms with Crippen LogP contribution in [0.5, 0.6) is 0 Å². The maximum absolute atomic E-state index is 13.1. The predicted octanol–water partition coefficient (Wildman–Crippen LogP) is -0.166. The molecule has 2 rings (SSSR count). The highest BCUT2D eigenvalue weighted by Crippen LogP contribution is 2.27. The zero-order valence-corrected chi connectivity index (χ0v) is 15.3. The minimum Gasteiger partial charge on any atom is -0.394 e. The molecule has 1 aromatic carbocycles. The molecule has 0 aliphatic carbocycles. The Hall–Kier alpha value is -1.00. The van der Waals surface area contributed by atoms with Crippen molar-refractivity contribution >= 4 is 19.9 Å². The number of sulfone groups is 1. The van der Waals surface area contributed by atoms with Crippen molar-refractivity contribution in [2.45, 2.75) is 37.3 Å². The second kappa shape index (κ2) is 7.09. The molecule has 1 aliphatic rings. The molecule has 1 aromatic rings. The van der Waals surface area contributed by atoms with E-state index in [4.69, 9.17) is 5.11 Å². The molecule has 136 valence electrons. The second-order valence-electron chi connectivity index (χ2n) is 6.24. The van der Waals surface area contributed by atoms with Crippen LogP contribution in [0.4, 0.5) is 0 Å². The van der Waals surface area contributed by atoms with E-state index in [0.717, 1.165) is 9.87 Å². The van der Waals surface area contributed by atoms with Gasteiger partial charge >= 0.3 is 0 Å². The van der Waals surface area contributed by atoms with Gasteiger partial charge in [-0.2, -0.15) is 4.31 Å². The molecule has 0 amide bonds. The minimum absolute atomic E-state index is 0.0776. The van der Waals surface area contributed by atoms with Crippen LogP contribution in [-0.2, 0) is 19.9 Å². The SMILES string of the molecule is Cc1ccc(S(=O)(=O)N(C[C@@H](O)CO)[C@@H]2CCS(=O)(=O)C2)c(C)c1. The normalized spacial score (nSPS) is 22.0. The number of aliphatic hydroxyl groups excluding tert-OH is 2. The van der Waals surface area contributed by atoms with Gasteiger partial charge in [0.1, 0.15) is 0 Å². The second-order valence-corrected chi connectivity index (χ2v) is 10.3. The first-order valence-corrected chi connectivity index (χ1v) is 10.9. The summed E-state index contributed by atoms with van der Waals surface area (Å²) in [5.74, 6) is -0.346. The van der Waals surface area contributed by atoms with Crippen LogP contribution in [0.1, 0.15) is 17.5 Å². The van der Waals surface area contributed by atoms with Crippen molar-refractivity contribution in [1.82, 2.24) is 4.31 Å². The summed E-state index contributed by atoms with van der Waals surface area (Å²) in [6.07, 6.45) is -1.08. The summed E-state index contributed by atoms with van der Waals surface area (Å²) in [4.78, 5) is 0.0857. The van der Waals surface area contributed by atoms with E-state index in [1.54, 1.807) is 19.1 Å². The molecule has 1 saturated heterocycles. The van der Waals surface area contributed by atoms with Crippen LogP contribution in [-0.4, -0.2) is 68.2 Å². The van der Waals surface area contributed by atoms with Crippen molar-refractivity contribution in [1.29, 1.82) is 0 Å². The average molecular weight is 377 g/mol. The van der Waals surface area contributed by atoms with E-state index >= 15 is 0 Å². The van der Waals surface area contributed by atoms with Crippen molar-refractivity contribution < 1.29 is 27.0 Å². The van der Waals surface area contributed by atoms with E-state index < -0.39 is 38.6 Å². The Kier molecular flexibility index (Phi) is 5.71. The van der Waals surface area contributed by atoms with E-state index in [1.165, 1.54) is 6.07 Å². The van der Waals surface area contributed by atoms with Gasteiger partial charge in [0.15, 0.2) is 9.84 Å². The number of hydrogen-bond acceptors (Lipinski definition) is 6. The third-order valence-corrected chi connectivity index (χ3v) is 7.96. The third kappa shape index (κ3) is 4.15. The van der Waals surface area contributed by atoms with Crippen molar-refractivity contribution in [3.8, 4) is 0 Å². The molecule has 2 atom stereocenters. The van der Waals surface area contributed by atoms with E-state index in [0.29, 0.717) is 5.56 Å². The Morgan fingerprint density at radius 3 is 2.50 bits per heavy atom. The Morgan fingerprint density at radius 2 is 2.00 bits per heavy atom. The monoisotopic (exact) mass is 377 g/mol. The van der Waals surface area contributed by atoms with Gasteiger partial charge < -0.3 is 10.2 Å². The van der Waals surface area contributed by atoms with Crippen LogP contribution in [0.2, 0.25) is 0 Å². The molecule has 24 heavy (non-hydrogen) atoms. The molecule has 0 unspecified atom stereocenters. The quantitative estimate of drug-likeness (QED) is 0.712. The number of aryl methyl sites for hydroxylation is 2. The number of aliphatic hydroxyl groups is 2. The smallest absolute Gasteiger partial charge is 0.243 e. The molecular formula is C15H23NO6S2. The first kappa shape index (κ1) is 19.3. The summed E-state index contributed by atoms with van der Waals surface area (Å²) in [6, 6.07) is 4.16. The van der Waals surface area contributed by atoms with E-state index in [9.17, 15) is 21.9 Å². The molecule has 0 spiro atoms. The lowest BCUT2D eigenvalue weighted by molar-refractivity contribution is 0.0730. The number of sulfonamides is 1. The molecule has 2 N–H and O–H groups in total. The van der Waals surface area contributed by atoms with Crippen molar-refractivity contribution in [2.24, 2.45) is 0 Å². The van der Waals surface area contributed by atoms with Crippen LogP contribution in [0, 0.1) is 13.8 Å². The van der Waals surface area contributed by atoms with Gasteiger partial charge in [0.25, 0.3) is 0 Å². The fraction of sp³-hybridized carbons (Fsp3) is 0.600. The van der Waals surface area contributed by atoms with Crippen molar-refractivity contribution in [2.75, 3.05) is 24.7 Å². The number of rotatable bonds is 6. The highest BCUT2D eigenvalue weighted by molar-refractivity contribution is 7.92. The van der Waals surface area contributed by atoms with Crippen LogP contribution < -0.4 is 0 Å². The largest absolute Gasteiger partial charge is 0.394 e. The van der Waals surface area contributed by atoms with Gasteiger partial charge in [-0.15, -0.1) is 0 Å². The molecule has 0 saturated carbocycles. The van der Waals surface area contributed by atoms with E-state index in [1.807, 2.05) is 6.92 Å². The predicted molar refractivity (Wildman–Crippen MR) is 90.0 cm³/mol. The standard InChI is InChI=1S/C15H23NO6S2/c1-11-3-4-15(12(2)7-11)24(21,22)16(8-14(18)9-17)13-5-6-23(19,20)10-13/h3-4,7,13-14,17-18H,5-6,8-10H2,1-2H3/t13-,14-/m1/s1. The van der Waals surface area contributed by atoms with Gasteiger partial charge in [-0.05, 0) is 31.9 Å². The Labute approximate surface area is 142 Å². The van der Waals surface area contributed by atoms with E-state index in [-0.39, 0.29) is 29.4 Å². The van der Waals surface area contributed by atoms with Gasteiger partial charge in [0.2, 0.25) is 10.0 Å². The summed E-state index contributed by atoms with van der Waals surface area (Å²) in [5.41, 5.74) is 1.47. The summed E-state index contributed by atoms with van der Waals surface area (Å²) in [5, 5.41) is 18.8. The summed E-state index contributed by atoms with van der Waals surface area (Å²) in [7, 11) is -7.28. The maximum atomic E-state index is 13.1.